The molecule has 27 heavy (non-hydrogen) atoms. The molecule has 1 fully saturated rings. The van der Waals surface area contributed by atoms with Crippen molar-refractivity contribution in [3.8, 4) is 0 Å². The van der Waals surface area contributed by atoms with Crippen LogP contribution in [0.4, 0.5) is 5.95 Å². The summed E-state index contributed by atoms with van der Waals surface area (Å²) in [6, 6.07) is 3.59. The van der Waals surface area contributed by atoms with E-state index in [1.165, 1.54) is 32.1 Å². The molecule has 0 aliphatic carbocycles. The van der Waals surface area contributed by atoms with E-state index in [4.69, 9.17) is 4.98 Å². The maximum Gasteiger partial charge on any atom is 0.225 e. The molecule has 2 aromatic rings. The van der Waals surface area contributed by atoms with Crippen molar-refractivity contribution >= 4 is 11.9 Å². The van der Waals surface area contributed by atoms with Crippen LogP contribution in [0.25, 0.3) is 0 Å². The molecule has 2 aromatic heterocycles. The minimum atomic E-state index is -0.124. The molecular formula is C21H29N5O. The number of amides is 1. The second kappa shape index (κ2) is 9.44. The summed E-state index contributed by atoms with van der Waals surface area (Å²) in [5.41, 5.74) is 2.85. The molecule has 1 N–H and O–H groups in total. The predicted octanol–water partition coefficient (Wildman–Crippen LogP) is 3.37. The fourth-order valence-electron chi connectivity index (χ4n) is 3.55. The lowest BCUT2D eigenvalue weighted by Crippen LogP contribution is -2.31. The maximum atomic E-state index is 12.3. The van der Waals surface area contributed by atoms with Crippen LogP contribution in [0.5, 0.6) is 0 Å². The number of hydrogen-bond donors (Lipinski definition) is 1. The van der Waals surface area contributed by atoms with E-state index >= 15 is 0 Å². The third-order valence-corrected chi connectivity index (χ3v) is 5.10. The maximum absolute atomic E-state index is 12.3. The van der Waals surface area contributed by atoms with E-state index in [9.17, 15) is 4.79 Å². The normalized spacial score (nSPS) is 16.3. The van der Waals surface area contributed by atoms with E-state index in [0.29, 0.717) is 6.42 Å². The number of hydrogen-bond acceptors (Lipinski definition) is 5. The van der Waals surface area contributed by atoms with E-state index in [-0.39, 0.29) is 11.9 Å². The van der Waals surface area contributed by atoms with Gasteiger partial charge in [-0.1, -0.05) is 19.3 Å². The summed E-state index contributed by atoms with van der Waals surface area (Å²) in [6.07, 6.45) is 11.9. The van der Waals surface area contributed by atoms with Gasteiger partial charge >= 0.3 is 0 Å². The van der Waals surface area contributed by atoms with Gasteiger partial charge < -0.3 is 10.2 Å². The summed E-state index contributed by atoms with van der Waals surface area (Å²) >= 11 is 0. The van der Waals surface area contributed by atoms with Crippen molar-refractivity contribution in [2.24, 2.45) is 0 Å². The molecule has 1 aliphatic rings. The second-order valence-corrected chi connectivity index (χ2v) is 7.29. The molecule has 1 aliphatic heterocycles. The average molecular weight is 367 g/mol. The van der Waals surface area contributed by atoms with Gasteiger partial charge in [0.1, 0.15) is 0 Å². The zero-order chi connectivity index (χ0) is 19.1. The Bertz CT molecular complexity index is 741. The SMILES string of the molecule is Cc1nc(N2CCCCCCC2)ncc1C(C)NC(=O)Cc1ccncc1. The molecule has 1 amide bonds. The van der Waals surface area contributed by atoms with Crippen molar-refractivity contribution in [2.75, 3.05) is 18.0 Å². The largest absolute Gasteiger partial charge is 0.349 e. The van der Waals surface area contributed by atoms with Crippen LogP contribution in [0.1, 0.15) is 61.9 Å². The Morgan fingerprint density at radius 3 is 2.48 bits per heavy atom. The summed E-state index contributed by atoms with van der Waals surface area (Å²) in [7, 11) is 0. The summed E-state index contributed by atoms with van der Waals surface area (Å²) in [5, 5.41) is 3.05. The second-order valence-electron chi connectivity index (χ2n) is 7.29. The fraction of sp³-hybridized carbons (Fsp3) is 0.524. The first-order valence-electron chi connectivity index (χ1n) is 9.90. The molecular weight excluding hydrogens is 338 g/mol. The fourth-order valence-corrected chi connectivity index (χ4v) is 3.55. The monoisotopic (exact) mass is 367 g/mol. The molecule has 6 heteroatoms. The van der Waals surface area contributed by atoms with E-state index in [1.807, 2.05) is 32.2 Å². The number of nitrogens with one attached hydrogen (secondary N) is 1. The van der Waals surface area contributed by atoms with E-state index in [1.54, 1.807) is 12.4 Å². The smallest absolute Gasteiger partial charge is 0.225 e. The van der Waals surface area contributed by atoms with Crippen LogP contribution in [0.2, 0.25) is 0 Å². The van der Waals surface area contributed by atoms with Crippen molar-refractivity contribution in [1.82, 2.24) is 20.3 Å². The number of carbonyl (C=O) groups is 1. The van der Waals surface area contributed by atoms with Gasteiger partial charge in [0.05, 0.1) is 12.5 Å². The first-order chi connectivity index (χ1) is 13.1. The first kappa shape index (κ1) is 19.3. The summed E-state index contributed by atoms with van der Waals surface area (Å²) in [6.45, 7) is 6.02. The number of anilines is 1. The van der Waals surface area contributed by atoms with Gasteiger partial charge in [-0.25, -0.2) is 9.97 Å². The molecule has 144 valence electrons. The van der Waals surface area contributed by atoms with Crippen molar-refractivity contribution in [1.29, 1.82) is 0 Å². The van der Waals surface area contributed by atoms with Crippen LogP contribution in [0, 0.1) is 6.92 Å². The highest BCUT2D eigenvalue weighted by molar-refractivity contribution is 5.78. The van der Waals surface area contributed by atoms with Gasteiger partial charge in [0.25, 0.3) is 0 Å². The van der Waals surface area contributed by atoms with Gasteiger partial charge in [0.15, 0.2) is 0 Å². The van der Waals surface area contributed by atoms with Crippen molar-refractivity contribution in [3.05, 3.63) is 47.5 Å². The van der Waals surface area contributed by atoms with Crippen LogP contribution in [0.3, 0.4) is 0 Å². The van der Waals surface area contributed by atoms with Crippen LogP contribution >= 0.6 is 0 Å². The summed E-state index contributed by atoms with van der Waals surface area (Å²) < 4.78 is 0. The molecule has 0 spiro atoms. The van der Waals surface area contributed by atoms with Gasteiger partial charge in [0.2, 0.25) is 11.9 Å². The van der Waals surface area contributed by atoms with E-state index in [2.05, 4.69) is 20.2 Å². The van der Waals surface area contributed by atoms with Gasteiger partial charge in [-0.2, -0.15) is 0 Å². The zero-order valence-corrected chi connectivity index (χ0v) is 16.3. The number of pyridine rings is 1. The Kier molecular flexibility index (Phi) is 6.74. The Labute approximate surface area is 161 Å². The lowest BCUT2D eigenvalue weighted by molar-refractivity contribution is -0.121. The lowest BCUT2D eigenvalue weighted by atomic mass is 10.1. The number of nitrogens with zero attached hydrogens (tertiary/aromatic N) is 4. The highest BCUT2D eigenvalue weighted by Gasteiger charge is 2.17. The van der Waals surface area contributed by atoms with Crippen molar-refractivity contribution < 1.29 is 4.79 Å². The molecule has 3 heterocycles. The molecule has 1 saturated heterocycles. The predicted molar refractivity (Wildman–Crippen MR) is 107 cm³/mol. The first-order valence-corrected chi connectivity index (χ1v) is 9.90. The topological polar surface area (TPSA) is 71.0 Å². The van der Waals surface area contributed by atoms with Crippen LogP contribution in [-0.4, -0.2) is 33.9 Å². The molecule has 0 bridgehead atoms. The number of aromatic nitrogens is 3. The van der Waals surface area contributed by atoms with Crippen molar-refractivity contribution in [3.63, 3.8) is 0 Å². The molecule has 0 radical (unpaired) electrons. The molecule has 3 rings (SSSR count). The van der Waals surface area contributed by atoms with Crippen molar-refractivity contribution in [2.45, 2.75) is 58.4 Å². The molecule has 0 aromatic carbocycles. The lowest BCUT2D eigenvalue weighted by Gasteiger charge is -2.25. The number of rotatable bonds is 5. The Balaban J connectivity index is 1.63. The van der Waals surface area contributed by atoms with Gasteiger partial charge in [-0.15, -0.1) is 0 Å². The van der Waals surface area contributed by atoms with Gasteiger partial charge in [0, 0.05) is 42.9 Å². The quantitative estimate of drug-likeness (QED) is 0.877. The summed E-state index contributed by atoms with van der Waals surface area (Å²) in [5.74, 6) is 0.800. The number of aryl methyl sites for hydroxylation is 1. The Morgan fingerprint density at radius 1 is 1.15 bits per heavy atom. The minimum Gasteiger partial charge on any atom is -0.349 e. The van der Waals surface area contributed by atoms with Crippen LogP contribution in [0.15, 0.2) is 30.7 Å². The third kappa shape index (κ3) is 5.49. The zero-order valence-electron chi connectivity index (χ0n) is 16.3. The standard InChI is InChI=1S/C21H29N5O/c1-16(24-20(27)14-18-8-10-22-11-9-18)19-15-23-21(25-17(19)2)26-12-6-4-3-5-7-13-26/h8-11,15-16H,3-7,12-14H2,1-2H3,(H,24,27). The third-order valence-electron chi connectivity index (χ3n) is 5.10. The highest BCUT2D eigenvalue weighted by Crippen LogP contribution is 2.20. The molecule has 1 unspecified atom stereocenters. The average Bonchev–Trinajstić information content (AvgIpc) is 2.62. The Morgan fingerprint density at radius 2 is 1.81 bits per heavy atom. The van der Waals surface area contributed by atoms with E-state index < -0.39 is 0 Å². The van der Waals surface area contributed by atoms with Crippen LogP contribution in [-0.2, 0) is 11.2 Å². The van der Waals surface area contributed by atoms with Gasteiger partial charge in [-0.05, 0) is 44.4 Å². The summed E-state index contributed by atoms with van der Waals surface area (Å²) in [4.78, 5) is 27.9. The molecule has 1 atom stereocenters. The molecule has 0 saturated carbocycles. The minimum absolute atomic E-state index is 0.0130. The van der Waals surface area contributed by atoms with Crippen LogP contribution < -0.4 is 10.2 Å². The van der Waals surface area contributed by atoms with E-state index in [0.717, 1.165) is 35.9 Å². The van der Waals surface area contributed by atoms with Gasteiger partial charge in [-0.3, -0.25) is 9.78 Å². The Hall–Kier alpha value is -2.50. The molecule has 6 nitrogen and oxygen atoms in total. The highest BCUT2D eigenvalue weighted by atomic mass is 16.1. The number of carbonyl (C=O) groups excluding carboxylic acids is 1.